The number of hydrogen-bond donors (Lipinski definition) is 1. The number of aromatic nitrogens is 2. The summed E-state index contributed by atoms with van der Waals surface area (Å²) in [5.41, 5.74) is 2.42. The topological polar surface area (TPSA) is 64.5 Å². The Morgan fingerprint density at radius 2 is 2.05 bits per heavy atom. The fraction of sp³-hybridized carbons (Fsp3) is 0.375. The molecule has 5 nitrogen and oxygen atoms in total. The zero-order valence-corrected chi connectivity index (χ0v) is 12.4. The molecule has 0 amide bonds. The first-order valence-corrected chi connectivity index (χ1v) is 6.86. The van der Waals surface area contributed by atoms with Gasteiger partial charge in [-0.1, -0.05) is 23.8 Å². The maximum atomic E-state index is 11.2. The molecule has 110 valence electrons. The van der Waals surface area contributed by atoms with E-state index in [9.17, 15) is 5.11 Å². The summed E-state index contributed by atoms with van der Waals surface area (Å²) in [5.74, 6) is 0.660. The van der Waals surface area contributed by atoms with Crippen LogP contribution in [0.5, 0.6) is 11.8 Å². The van der Waals surface area contributed by atoms with E-state index in [2.05, 4.69) is 22.1 Å². The van der Waals surface area contributed by atoms with Gasteiger partial charge in [-0.3, -0.25) is 0 Å². The normalized spacial score (nSPS) is 20.2. The van der Waals surface area contributed by atoms with Gasteiger partial charge in [-0.15, -0.1) is 0 Å². The lowest BCUT2D eigenvalue weighted by Gasteiger charge is -2.25. The van der Waals surface area contributed by atoms with Crippen LogP contribution in [0.1, 0.15) is 28.8 Å². The molecule has 1 aliphatic rings. The molecule has 5 heteroatoms. The molecule has 0 aliphatic heterocycles. The van der Waals surface area contributed by atoms with Crippen molar-refractivity contribution in [3.63, 3.8) is 0 Å². The van der Waals surface area contributed by atoms with Crippen molar-refractivity contribution < 1.29 is 14.6 Å². The predicted octanol–water partition coefficient (Wildman–Crippen LogP) is 1.98. The fourth-order valence-corrected chi connectivity index (χ4v) is 2.87. The Hall–Kier alpha value is -2.14. The molecule has 0 saturated carbocycles. The number of benzene rings is 1. The Labute approximate surface area is 123 Å². The summed E-state index contributed by atoms with van der Waals surface area (Å²) in [6, 6.07) is 6.13. The molecule has 2 aromatic rings. The van der Waals surface area contributed by atoms with Gasteiger partial charge in [0.1, 0.15) is 11.3 Å². The quantitative estimate of drug-likeness (QED) is 0.934. The minimum atomic E-state index is -1.16. The summed E-state index contributed by atoms with van der Waals surface area (Å²) in [6.45, 7) is 2.01. The molecular formula is C16H18N2O3. The van der Waals surface area contributed by atoms with Gasteiger partial charge in [0.2, 0.25) is 11.8 Å². The van der Waals surface area contributed by atoms with Crippen LogP contribution in [0.15, 0.2) is 24.4 Å². The molecule has 1 unspecified atom stereocenters. The second-order valence-electron chi connectivity index (χ2n) is 5.29. The minimum Gasteiger partial charge on any atom is -0.480 e. The minimum absolute atomic E-state index is 0.297. The molecular weight excluding hydrogens is 268 g/mol. The summed E-state index contributed by atoms with van der Waals surface area (Å²) in [4.78, 5) is 8.57. The van der Waals surface area contributed by atoms with Crippen LogP contribution in [-0.2, 0) is 12.0 Å². The van der Waals surface area contributed by atoms with E-state index < -0.39 is 5.60 Å². The lowest BCUT2D eigenvalue weighted by molar-refractivity contribution is 0.0739. The predicted molar refractivity (Wildman–Crippen MR) is 77.6 cm³/mol. The summed E-state index contributed by atoms with van der Waals surface area (Å²) < 4.78 is 10.4. The zero-order chi connectivity index (χ0) is 15.0. The van der Waals surface area contributed by atoms with Crippen molar-refractivity contribution >= 4 is 0 Å². The Kier molecular flexibility index (Phi) is 3.29. The monoisotopic (exact) mass is 286 g/mol. The maximum absolute atomic E-state index is 11.2. The van der Waals surface area contributed by atoms with Crippen molar-refractivity contribution in [2.45, 2.75) is 25.4 Å². The van der Waals surface area contributed by atoms with Crippen molar-refractivity contribution in [1.29, 1.82) is 0 Å². The number of ether oxygens (including phenoxy) is 2. The van der Waals surface area contributed by atoms with Crippen molar-refractivity contribution in [3.8, 4) is 11.8 Å². The van der Waals surface area contributed by atoms with E-state index in [4.69, 9.17) is 9.47 Å². The summed E-state index contributed by atoms with van der Waals surface area (Å²) >= 11 is 0. The van der Waals surface area contributed by atoms with Gasteiger partial charge >= 0.3 is 0 Å². The zero-order valence-electron chi connectivity index (χ0n) is 12.4. The first-order chi connectivity index (χ1) is 10.1. The third-order valence-electron chi connectivity index (χ3n) is 3.98. The lowest BCUT2D eigenvalue weighted by atomic mass is 9.91. The molecule has 1 aromatic heterocycles. The van der Waals surface area contributed by atoms with Crippen LogP contribution < -0.4 is 9.47 Å². The fourth-order valence-electron chi connectivity index (χ4n) is 2.87. The number of aryl methyl sites for hydroxylation is 2. The Morgan fingerprint density at radius 3 is 2.76 bits per heavy atom. The number of hydrogen-bond acceptors (Lipinski definition) is 5. The van der Waals surface area contributed by atoms with Crippen LogP contribution in [0.2, 0.25) is 0 Å². The molecule has 0 saturated heterocycles. The third kappa shape index (κ3) is 2.14. The van der Waals surface area contributed by atoms with Gasteiger partial charge < -0.3 is 14.6 Å². The molecule has 1 N–H and O–H groups in total. The molecule has 3 rings (SSSR count). The molecule has 0 spiro atoms. The number of rotatable bonds is 3. The molecule has 1 aromatic carbocycles. The van der Waals surface area contributed by atoms with E-state index in [0.717, 1.165) is 23.1 Å². The van der Waals surface area contributed by atoms with E-state index in [1.165, 1.54) is 20.4 Å². The van der Waals surface area contributed by atoms with Crippen LogP contribution in [0.4, 0.5) is 0 Å². The van der Waals surface area contributed by atoms with Crippen LogP contribution in [0.25, 0.3) is 0 Å². The van der Waals surface area contributed by atoms with E-state index >= 15 is 0 Å². The van der Waals surface area contributed by atoms with Gasteiger partial charge in [0, 0.05) is 0 Å². The first-order valence-electron chi connectivity index (χ1n) is 6.86. The molecule has 1 heterocycles. The molecule has 21 heavy (non-hydrogen) atoms. The number of aliphatic hydroxyl groups is 1. The number of fused-ring (bicyclic) bond motifs is 1. The molecule has 1 aliphatic carbocycles. The first kappa shape index (κ1) is 13.8. The van der Waals surface area contributed by atoms with Crippen molar-refractivity contribution in [3.05, 3.63) is 46.8 Å². The number of nitrogens with zero attached hydrogens (tertiary/aromatic N) is 2. The highest BCUT2D eigenvalue weighted by molar-refractivity contribution is 5.47. The average molecular weight is 286 g/mol. The molecule has 0 fully saturated rings. The van der Waals surface area contributed by atoms with E-state index in [-0.39, 0.29) is 0 Å². The average Bonchev–Trinajstić information content (AvgIpc) is 2.84. The summed E-state index contributed by atoms with van der Waals surface area (Å²) in [7, 11) is 3.04. The highest BCUT2D eigenvalue weighted by atomic mass is 16.5. The van der Waals surface area contributed by atoms with Crippen LogP contribution in [-0.4, -0.2) is 29.3 Å². The van der Waals surface area contributed by atoms with Gasteiger partial charge in [-0.2, -0.15) is 4.98 Å². The third-order valence-corrected chi connectivity index (χ3v) is 3.98. The molecule has 0 radical (unpaired) electrons. The molecule has 1 atom stereocenters. The lowest BCUT2D eigenvalue weighted by Crippen LogP contribution is -2.26. The van der Waals surface area contributed by atoms with E-state index in [0.29, 0.717) is 23.9 Å². The Balaban J connectivity index is 2.15. The van der Waals surface area contributed by atoms with Crippen molar-refractivity contribution in [2.24, 2.45) is 0 Å². The van der Waals surface area contributed by atoms with Gasteiger partial charge in [-0.25, -0.2) is 4.98 Å². The Morgan fingerprint density at radius 1 is 1.24 bits per heavy atom. The largest absolute Gasteiger partial charge is 0.480 e. The second-order valence-corrected chi connectivity index (χ2v) is 5.29. The van der Waals surface area contributed by atoms with E-state index in [1.807, 2.05) is 13.0 Å². The van der Waals surface area contributed by atoms with Gasteiger partial charge in [0.15, 0.2) is 0 Å². The van der Waals surface area contributed by atoms with Crippen molar-refractivity contribution in [2.75, 3.05) is 14.2 Å². The smallest absolute Gasteiger partial charge is 0.242 e. The second kappa shape index (κ2) is 5.00. The van der Waals surface area contributed by atoms with Gasteiger partial charge in [0.25, 0.3) is 0 Å². The number of methoxy groups -OCH3 is 2. The highest BCUT2D eigenvalue weighted by Crippen LogP contribution is 2.44. The van der Waals surface area contributed by atoms with Gasteiger partial charge in [-0.05, 0) is 30.9 Å². The molecule has 0 bridgehead atoms. The van der Waals surface area contributed by atoms with Crippen LogP contribution in [0.3, 0.4) is 0 Å². The summed E-state index contributed by atoms with van der Waals surface area (Å²) in [6.07, 6.45) is 2.88. The maximum Gasteiger partial charge on any atom is 0.242 e. The van der Waals surface area contributed by atoms with Crippen molar-refractivity contribution in [1.82, 2.24) is 9.97 Å². The SMILES string of the molecule is COc1cnc(C2(O)CCc3ccc(C)cc32)c(OC)n1. The van der Waals surface area contributed by atoms with Crippen LogP contribution >= 0.6 is 0 Å². The highest BCUT2D eigenvalue weighted by Gasteiger charge is 2.42. The standard InChI is InChI=1S/C16H18N2O3/c1-10-4-5-11-6-7-16(19,12(11)8-10)14-15(21-3)18-13(20-2)9-17-14/h4-5,8-9,19H,6-7H2,1-3H3. The van der Waals surface area contributed by atoms with Gasteiger partial charge in [0.05, 0.1) is 20.4 Å². The van der Waals surface area contributed by atoms with Crippen LogP contribution in [0, 0.1) is 6.92 Å². The Bertz CT molecular complexity index is 687. The van der Waals surface area contributed by atoms with E-state index in [1.54, 1.807) is 0 Å². The summed E-state index contributed by atoms with van der Waals surface area (Å²) in [5, 5.41) is 11.2.